The molecule has 1 aromatic heterocycles. The van der Waals surface area contributed by atoms with Crippen molar-refractivity contribution < 1.29 is 4.79 Å². The third-order valence-electron chi connectivity index (χ3n) is 4.53. The number of nitrogens with zero attached hydrogens (tertiary/aromatic N) is 3. The fraction of sp³-hybridized carbons (Fsp3) is 0.500. The van der Waals surface area contributed by atoms with Crippen LogP contribution in [0, 0.1) is 6.92 Å². The lowest BCUT2D eigenvalue weighted by Crippen LogP contribution is -2.44. The molecule has 1 aliphatic heterocycles. The normalized spacial score (nSPS) is 17.5. The van der Waals surface area contributed by atoms with E-state index in [0.29, 0.717) is 11.8 Å². The predicted octanol–water partition coefficient (Wildman–Crippen LogP) is 4.47. The number of aryl methyl sites for hydroxylation is 1. The molecule has 1 aliphatic rings. The van der Waals surface area contributed by atoms with E-state index in [-0.39, 0.29) is 5.91 Å². The number of rotatable bonds is 6. The fourth-order valence-corrected chi connectivity index (χ4v) is 4.76. The standard InChI is InChI=1S/C18H24N4OS2/c1-3-14-9-6-7-11-22(14)16(23)12-24-18-21-20-17(25-18)19-15-10-5-4-8-13(15)2/h4-5,8,10,14H,3,6-7,9,11-12H2,1-2H3,(H,19,20)/t14-/m1/s1. The quantitative estimate of drug-likeness (QED) is 0.754. The molecule has 2 heterocycles. The zero-order valence-corrected chi connectivity index (χ0v) is 16.3. The largest absolute Gasteiger partial charge is 0.339 e. The summed E-state index contributed by atoms with van der Waals surface area (Å²) in [5, 5.41) is 12.4. The highest BCUT2D eigenvalue weighted by molar-refractivity contribution is 8.01. The van der Waals surface area contributed by atoms with Crippen molar-refractivity contribution in [2.45, 2.75) is 49.9 Å². The molecule has 5 nitrogen and oxygen atoms in total. The van der Waals surface area contributed by atoms with Gasteiger partial charge in [0.25, 0.3) is 0 Å². The van der Waals surface area contributed by atoms with Crippen LogP contribution in [0.3, 0.4) is 0 Å². The predicted molar refractivity (Wildman–Crippen MR) is 105 cm³/mol. The van der Waals surface area contributed by atoms with E-state index >= 15 is 0 Å². The number of nitrogens with one attached hydrogen (secondary N) is 1. The molecule has 7 heteroatoms. The van der Waals surface area contributed by atoms with Crippen molar-refractivity contribution in [2.75, 3.05) is 17.6 Å². The molecule has 134 valence electrons. The van der Waals surface area contributed by atoms with Crippen LogP contribution in [0.1, 0.15) is 38.2 Å². The van der Waals surface area contributed by atoms with Crippen molar-refractivity contribution >= 4 is 39.8 Å². The molecule has 1 N–H and O–H groups in total. The van der Waals surface area contributed by atoms with Gasteiger partial charge in [-0.25, -0.2) is 0 Å². The molecule has 0 aliphatic carbocycles. The number of likely N-dealkylation sites (tertiary alicyclic amines) is 1. The lowest BCUT2D eigenvalue weighted by molar-refractivity contribution is -0.132. The summed E-state index contributed by atoms with van der Waals surface area (Å²) in [7, 11) is 0. The van der Waals surface area contributed by atoms with E-state index in [0.717, 1.165) is 46.5 Å². The molecule has 25 heavy (non-hydrogen) atoms. The highest BCUT2D eigenvalue weighted by Crippen LogP contribution is 2.29. The number of amides is 1. The third-order valence-corrected chi connectivity index (χ3v) is 6.49. The molecular formula is C18H24N4OS2. The topological polar surface area (TPSA) is 58.1 Å². The molecule has 0 radical (unpaired) electrons. The summed E-state index contributed by atoms with van der Waals surface area (Å²) in [4.78, 5) is 14.6. The van der Waals surface area contributed by atoms with Crippen LogP contribution in [0.4, 0.5) is 10.8 Å². The Morgan fingerprint density at radius 3 is 3.00 bits per heavy atom. The molecule has 1 atom stereocenters. The van der Waals surface area contributed by atoms with Crippen LogP contribution in [0.2, 0.25) is 0 Å². The first-order valence-electron chi connectivity index (χ1n) is 8.75. The van der Waals surface area contributed by atoms with Crippen LogP contribution in [-0.2, 0) is 4.79 Å². The minimum absolute atomic E-state index is 0.222. The van der Waals surface area contributed by atoms with Crippen molar-refractivity contribution in [3.63, 3.8) is 0 Å². The third kappa shape index (κ3) is 4.73. The van der Waals surface area contributed by atoms with Crippen molar-refractivity contribution in [1.82, 2.24) is 15.1 Å². The Morgan fingerprint density at radius 1 is 1.36 bits per heavy atom. The number of anilines is 2. The van der Waals surface area contributed by atoms with Gasteiger partial charge in [-0.3, -0.25) is 4.79 Å². The van der Waals surface area contributed by atoms with Gasteiger partial charge in [-0.15, -0.1) is 10.2 Å². The van der Waals surface area contributed by atoms with Crippen LogP contribution in [0.5, 0.6) is 0 Å². The lowest BCUT2D eigenvalue weighted by atomic mass is 10.0. The number of para-hydroxylation sites is 1. The number of carbonyl (C=O) groups is 1. The Kier molecular flexibility index (Phi) is 6.31. The summed E-state index contributed by atoms with van der Waals surface area (Å²) in [6.45, 7) is 5.12. The first kappa shape index (κ1) is 18.2. The number of thioether (sulfide) groups is 1. The average molecular weight is 377 g/mol. The van der Waals surface area contributed by atoms with Gasteiger partial charge in [0, 0.05) is 18.3 Å². The second kappa shape index (κ2) is 8.67. The van der Waals surface area contributed by atoms with Gasteiger partial charge >= 0.3 is 0 Å². The maximum Gasteiger partial charge on any atom is 0.233 e. The first-order valence-corrected chi connectivity index (χ1v) is 10.6. The summed E-state index contributed by atoms with van der Waals surface area (Å²) in [6.07, 6.45) is 4.53. The summed E-state index contributed by atoms with van der Waals surface area (Å²) < 4.78 is 0.828. The fourth-order valence-electron chi connectivity index (χ4n) is 3.11. The zero-order valence-electron chi connectivity index (χ0n) is 14.7. The first-order chi connectivity index (χ1) is 12.2. The molecule has 0 unspecified atom stereocenters. The van der Waals surface area contributed by atoms with Crippen molar-refractivity contribution in [3.05, 3.63) is 29.8 Å². The summed E-state index contributed by atoms with van der Waals surface area (Å²) in [5.41, 5.74) is 2.20. The van der Waals surface area contributed by atoms with Crippen molar-refractivity contribution in [2.24, 2.45) is 0 Å². The molecule has 1 amide bonds. The molecule has 3 rings (SSSR count). The van der Waals surface area contributed by atoms with E-state index in [1.807, 2.05) is 18.2 Å². The molecule has 0 bridgehead atoms. The van der Waals surface area contributed by atoms with Crippen LogP contribution in [0.15, 0.2) is 28.6 Å². The molecule has 1 fully saturated rings. The molecular weight excluding hydrogens is 352 g/mol. The number of hydrogen-bond donors (Lipinski definition) is 1. The van der Waals surface area contributed by atoms with Gasteiger partial charge in [0.15, 0.2) is 4.34 Å². The van der Waals surface area contributed by atoms with Gasteiger partial charge in [-0.2, -0.15) is 0 Å². The van der Waals surface area contributed by atoms with Crippen LogP contribution >= 0.6 is 23.1 Å². The molecule has 0 saturated carbocycles. The minimum Gasteiger partial charge on any atom is -0.339 e. The summed E-state index contributed by atoms with van der Waals surface area (Å²) >= 11 is 2.97. The van der Waals surface area contributed by atoms with Gasteiger partial charge in [0.2, 0.25) is 11.0 Å². The molecule has 1 saturated heterocycles. The van der Waals surface area contributed by atoms with Gasteiger partial charge < -0.3 is 10.2 Å². The van der Waals surface area contributed by atoms with Crippen molar-refractivity contribution in [1.29, 1.82) is 0 Å². The van der Waals surface area contributed by atoms with Crippen LogP contribution < -0.4 is 5.32 Å². The number of carbonyl (C=O) groups excluding carboxylic acids is 1. The van der Waals surface area contributed by atoms with E-state index in [9.17, 15) is 4.79 Å². The second-order valence-corrected chi connectivity index (χ2v) is 8.45. The highest BCUT2D eigenvalue weighted by Gasteiger charge is 2.25. The monoisotopic (exact) mass is 376 g/mol. The van der Waals surface area contributed by atoms with Gasteiger partial charge in [-0.1, -0.05) is 48.2 Å². The van der Waals surface area contributed by atoms with E-state index in [1.165, 1.54) is 29.5 Å². The van der Waals surface area contributed by atoms with Crippen LogP contribution in [0.25, 0.3) is 0 Å². The van der Waals surface area contributed by atoms with E-state index < -0.39 is 0 Å². The number of aromatic nitrogens is 2. The highest BCUT2D eigenvalue weighted by atomic mass is 32.2. The van der Waals surface area contributed by atoms with Gasteiger partial charge in [0.05, 0.1) is 5.75 Å². The van der Waals surface area contributed by atoms with E-state index in [4.69, 9.17) is 0 Å². The Labute approximate surface area is 157 Å². The number of benzene rings is 1. The minimum atomic E-state index is 0.222. The average Bonchev–Trinajstić information content (AvgIpc) is 3.09. The maximum atomic E-state index is 12.5. The maximum absolute atomic E-state index is 12.5. The zero-order chi connectivity index (χ0) is 17.6. The van der Waals surface area contributed by atoms with Gasteiger partial charge in [-0.05, 0) is 44.2 Å². The summed E-state index contributed by atoms with van der Waals surface area (Å²) in [5.74, 6) is 0.662. The number of piperidine rings is 1. The smallest absolute Gasteiger partial charge is 0.233 e. The molecule has 2 aromatic rings. The molecule has 0 spiro atoms. The Balaban J connectivity index is 1.55. The Bertz CT molecular complexity index is 719. The SMILES string of the molecule is CC[C@@H]1CCCCN1C(=O)CSc1nnc(Nc2ccccc2C)s1. The van der Waals surface area contributed by atoms with E-state index in [1.54, 1.807) is 0 Å². The second-order valence-electron chi connectivity index (χ2n) is 6.25. The number of hydrogen-bond acceptors (Lipinski definition) is 6. The Hall–Kier alpha value is -1.60. The van der Waals surface area contributed by atoms with E-state index in [2.05, 4.69) is 40.3 Å². The van der Waals surface area contributed by atoms with Crippen LogP contribution in [-0.4, -0.2) is 39.3 Å². The Morgan fingerprint density at radius 2 is 2.20 bits per heavy atom. The molecule has 1 aromatic carbocycles. The van der Waals surface area contributed by atoms with Crippen molar-refractivity contribution in [3.8, 4) is 0 Å². The van der Waals surface area contributed by atoms with Gasteiger partial charge in [0.1, 0.15) is 0 Å². The summed E-state index contributed by atoms with van der Waals surface area (Å²) in [6, 6.07) is 8.49. The lowest BCUT2D eigenvalue weighted by Gasteiger charge is -2.35.